The zero-order chi connectivity index (χ0) is 19.9. The second kappa shape index (κ2) is 13.4. The van der Waals surface area contributed by atoms with Crippen LogP contribution in [-0.2, 0) is 4.79 Å². The molecule has 142 valence electrons. The number of rotatable bonds is 2. The van der Waals surface area contributed by atoms with Crippen molar-refractivity contribution in [3.8, 4) is 11.4 Å². The van der Waals surface area contributed by atoms with Crippen molar-refractivity contribution in [3.63, 3.8) is 0 Å². The van der Waals surface area contributed by atoms with Gasteiger partial charge in [0.2, 0.25) is 5.91 Å². The van der Waals surface area contributed by atoms with Crippen molar-refractivity contribution in [2.24, 2.45) is 0 Å². The first kappa shape index (κ1) is 23.1. The van der Waals surface area contributed by atoms with E-state index in [4.69, 9.17) is 0 Å². The lowest BCUT2D eigenvalue weighted by Crippen LogP contribution is -2.15. The first-order chi connectivity index (χ1) is 12.7. The smallest absolute Gasteiger partial charge is 0.219 e. The molecule has 0 fully saturated rings. The van der Waals surface area contributed by atoms with Crippen LogP contribution in [0, 0.1) is 0 Å². The summed E-state index contributed by atoms with van der Waals surface area (Å²) in [5.74, 6) is 0.262. The Hall–Kier alpha value is -2.89. The van der Waals surface area contributed by atoms with Crippen molar-refractivity contribution in [2.75, 3.05) is 7.05 Å². The third kappa shape index (κ3) is 6.93. The predicted octanol–water partition coefficient (Wildman–Crippen LogP) is 4.32. The fraction of sp³-hybridized carbons (Fsp3) is 0.350. The lowest BCUT2D eigenvalue weighted by atomic mass is 10.3. The van der Waals surface area contributed by atoms with E-state index in [-0.39, 0.29) is 11.7 Å². The summed E-state index contributed by atoms with van der Waals surface area (Å²) < 4.78 is 0. The molecule has 26 heavy (non-hydrogen) atoms. The lowest BCUT2D eigenvalue weighted by molar-refractivity contribution is -0.120. The Morgan fingerprint density at radius 1 is 0.962 bits per heavy atom. The molecule has 6 heteroatoms. The second-order valence-electron chi connectivity index (χ2n) is 4.49. The normalized spacial score (nSPS) is 8.85. The molecule has 6 nitrogen and oxygen atoms in total. The Bertz CT molecular complexity index is 730. The number of phenols is 1. The minimum absolute atomic E-state index is 0.0926. The Balaban J connectivity index is 0.000000533. The van der Waals surface area contributed by atoms with Gasteiger partial charge in [-0.05, 0) is 24.3 Å². The minimum Gasteiger partial charge on any atom is -0.506 e. The van der Waals surface area contributed by atoms with Crippen LogP contribution < -0.4 is 5.32 Å². The van der Waals surface area contributed by atoms with Gasteiger partial charge in [-0.2, -0.15) is 0 Å². The maximum Gasteiger partial charge on any atom is 0.219 e. The molecular formula is C20H30N4O2. The Morgan fingerprint density at radius 2 is 1.42 bits per heavy atom. The van der Waals surface area contributed by atoms with E-state index >= 15 is 0 Å². The van der Waals surface area contributed by atoms with Gasteiger partial charge in [-0.3, -0.25) is 4.79 Å². The largest absolute Gasteiger partial charge is 0.506 e. The van der Waals surface area contributed by atoms with Gasteiger partial charge in [0.15, 0.2) is 0 Å². The molecular weight excluding hydrogens is 328 g/mol. The van der Waals surface area contributed by atoms with Crippen molar-refractivity contribution in [1.82, 2.24) is 20.3 Å². The number of nitrogens with one attached hydrogen (secondary N) is 1. The molecule has 0 aliphatic heterocycles. The van der Waals surface area contributed by atoms with Crippen LogP contribution >= 0.6 is 0 Å². The van der Waals surface area contributed by atoms with Gasteiger partial charge in [0.1, 0.15) is 22.5 Å². The first-order valence-corrected chi connectivity index (χ1v) is 8.96. The van der Waals surface area contributed by atoms with Crippen molar-refractivity contribution in [1.29, 1.82) is 0 Å². The van der Waals surface area contributed by atoms with Gasteiger partial charge < -0.3 is 10.4 Å². The summed E-state index contributed by atoms with van der Waals surface area (Å²) >= 11 is 0. The van der Waals surface area contributed by atoms with Gasteiger partial charge in [0.25, 0.3) is 0 Å². The highest BCUT2D eigenvalue weighted by Crippen LogP contribution is 2.20. The molecule has 0 spiro atoms. The van der Waals surface area contributed by atoms with E-state index in [1.165, 1.54) is 4.80 Å². The summed E-state index contributed by atoms with van der Waals surface area (Å²) in [6.45, 7) is 9.82. The molecule has 3 aromatic rings. The zero-order valence-corrected chi connectivity index (χ0v) is 16.5. The van der Waals surface area contributed by atoms with Crippen LogP contribution in [0.2, 0.25) is 0 Å². The second-order valence-corrected chi connectivity index (χ2v) is 4.49. The topological polar surface area (TPSA) is 80.0 Å². The standard InChI is InChI=1S/C12H9N3O.C4H9NO.2C2H6/c16-12-8-4-3-7-11(12)15-13-9-5-1-2-6-10(9)14-15;1-3-4(6)5-2;2*1-2/h1-8,16H;3H2,1-2H3,(H,5,6);2*1-2H3. The molecule has 1 heterocycles. The number of fused-ring (bicyclic) bond motifs is 1. The number of aromatic nitrogens is 3. The molecule has 0 atom stereocenters. The van der Waals surface area contributed by atoms with Crippen LogP contribution in [0.15, 0.2) is 48.5 Å². The van der Waals surface area contributed by atoms with E-state index in [9.17, 15) is 9.90 Å². The summed E-state index contributed by atoms with van der Waals surface area (Å²) in [6.07, 6.45) is 0.580. The molecule has 0 unspecified atom stereocenters. The van der Waals surface area contributed by atoms with E-state index in [1.54, 1.807) is 25.2 Å². The molecule has 0 saturated carbocycles. The number of amides is 1. The number of para-hydroxylation sites is 2. The summed E-state index contributed by atoms with van der Waals surface area (Å²) in [4.78, 5) is 11.5. The fourth-order valence-electron chi connectivity index (χ4n) is 1.78. The summed E-state index contributed by atoms with van der Waals surface area (Å²) in [5, 5.41) is 20.7. The van der Waals surface area contributed by atoms with Crippen molar-refractivity contribution >= 4 is 16.9 Å². The number of hydrogen-bond donors (Lipinski definition) is 2. The number of carbonyl (C=O) groups excluding carboxylic acids is 1. The summed E-state index contributed by atoms with van der Waals surface area (Å²) in [7, 11) is 1.63. The molecule has 0 aliphatic rings. The van der Waals surface area contributed by atoms with Crippen LogP contribution in [0.1, 0.15) is 41.0 Å². The quantitative estimate of drug-likeness (QED) is 0.715. The highest BCUT2D eigenvalue weighted by atomic mass is 16.3. The summed E-state index contributed by atoms with van der Waals surface area (Å²) in [5.41, 5.74) is 2.20. The van der Waals surface area contributed by atoms with Crippen LogP contribution in [0.5, 0.6) is 5.75 Å². The molecule has 0 bridgehead atoms. The molecule has 0 radical (unpaired) electrons. The zero-order valence-electron chi connectivity index (χ0n) is 16.5. The van der Waals surface area contributed by atoms with Gasteiger partial charge in [-0.1, -0.05) is 58.9 Å². The fourth-order valence-corrected chi connectivity index (χ4v) is 1.78. The monoisotopic (exact) mass is 358 g/mol. The van der Waals surface area contributed by atoms with Crippen molar-refractivity contribution in [3.05, 3.63) is 48.5 Å². The van der Waals surface area contributed by atoms with E-state index in [0.29, 0.717) is 12.1 Å². The van der Waals surface area contributed by atoms with E-state index < -0.39 is 0 Å². The number of phenolic OH excluding ortho intramolecular Hbond substituents is 1. The number of benzene rings is 2. The molecule has 1 aromatic heterocycles. The van der Waals surface area contributed by atoms with Crippen molar-refractivity contribution < 1.29 is 9.90 Å². The molecule has 2 aromatic carbocycles. The Labute approximate surface area is 155 Å². The van der Waals surface area contributed by atoms with Crippen LogP contribution in [0.25, 0.3) is 16.7 Å². The molecule has 1 amide bonds. The maximum atomic E-state index is 10.1. The predicted molar refractivity (Wildman–Crippen MR) is 108 cm³/mol. The van der Waals surface area contributed by atoms with Gasteiger partial charge in [-0.25, -0.2) is 0 Å². The van der Waals surface area contributed by atoms with Gasteiger partial charge in [0.05, 0.1) is 0 Å². The van der Waals surface area contributed by atoms with Crippen LogP contribution in [-0.4, -0.2) is 33.1 Å². The van der Waals surface area contributed by atoms with E-state index in [1.807, 2.05) is 65.0 Å². The third-order valence-corrected chi connectivity index (χ3v) is 2.98. The molecule has 3 rings (SSSR count). The first-order valence-electron chi connectivity index (χ1n) is 8.96. The van der Waals surface area contributed by atoms with Crippen molar-refractivity contribution in [2.45, 2.75) is 41.0 Å². The number of aromatic hydroxyl groups is 1. The number of carbonyl (C=O) groups is 1. The highest BCUT2D eigenvalue weighted by molar-refractivity contribution is 5.75. The molecule has 2 N–H and O–H groups in total. The number of hydrogen-bond acceptors (Lipinski definition) is 4. The molecule has 0 saturated heterocycles. The average Bonchev–Trinajstić information content (AvgIpc) is 3.15. The maximum absolute atomic E-state index is 10.1. The van der Waals surface area contributed by atoms with Gasteiger partial charge in [-0.15, -0.1) is 15.0 Å². The Morgan fingerprint density at radius 3 is 1.81 bits per heavy atom. The Kier molecular flexibility index (Phi) is 11.9. The molecule has 0 aliphatic carbocycles. The average molecular weight is 358 g/mol. The number of nitrogens with zero attached hydrogens (tertiary/aromatic N) is 3. The van der Waals surface area contributed by atoms with E-state index in [2.05, 4.69) is 15.5 Å². The summed E-state index contributed by atoms with van der Waals surface area (Å²) in [6, 6.07) is 14.6. The minimum atomic E-state index is 0.0926. The third-order valence-electron chi connectivity index (χ3n) is 2.98. The van der Waals surface area contributed by atoms with Crippen LogP contribution in [0.4, 0.5) is 0 Å². The van der Waals surface area contributed by atoms with E-state index in [0.717, 1.165) is 11.0 Å². The lowest BCUT2D eigenvalue weighted by Gasteiger charge is -2.00. The van der Waals surface area contributed by atoms with Gasteiger partial charge >= 0.3 is 0 Å². The van der Waals surface area contributed by atoms with Crippen LogP contribution in [0.3, 0.4) is 0 Å². The highest BCUT2D eigenvalue weighted by Gasteiger charge is 2.06. The van der Waals surface area contributed by atoms with Gasteiger partial charge in [0, 0.05) is 13.5 Å². The SMILES string of the molecule is CC.CC.CCC(=O)NC.Oc1ccccc1-n1nc2ccccc2n1.